The van der Waals surface area contributed by atoms with Crippen LogP contribution in [0.2, 0.25) is 0 Å². The molecule has 2 heteroatoms. The molecule has 1 aromatic heterocycles. The molecular weight excluding hydrogens is 629 g/mol. The van der Waals surface area contributed by atoms with E-state index in [0.29, 0.717) is 0 Å². The molecule has 0 fully saturated rings. The van der Waals surface area contributed by atoms with E-state index in [0.717, 1.165) is 44.7 Å². The molecule has 0 N–H and O–H groups in total. The SMILES string of the molecule is C=CC1=C(/C=C(\C)c2ccc(-c3cc(-c4ccccc4)nc(-c4cccc5ccccc45)n3)c3ccccc23)C(C)(C)c2ccc3ccccc3c21. The van der Waals surface area contributed by atoms with Crippen LogP contribution in [0.15, 0.2) is 176 Å². The van der Waals surface area contributed by atoms with Gasteiger partial charge in [-0.1, -0.05) is 178 Å². The Balaban J connectivity index is 1.22. The van der Waals surface area contributed by atoms with Crippen molar-refractivity contribution in [3.63, 3.8) is 0 Å². The number of hydrogen-bond donors (Lipinski definition) is 0. The molecule has 1 heterocycles. The first kappa shape index (κ1) is 31.6. The third-order valence-electron chi connectivity index (χ3n) is 10.9. The standard InChI is InChI=1S/C50H38N2/c1-5-36-45(50(3,4)44-29-26-34-17-10-12-22-39(34)48(36)44)30-32(2)37-27-28-42(41-24-14-13-23-40(37)41)47-31-46(35-18-7-6-8-19-35)51-49(52-47)43-25-15-20-33-16-9-11-21-38(33)43/h5-31H,1H2,2-4H3/b32-30+. The predicted octanol–water partition coefficient (Wildman–Crippen LogP) is 13.3. The summed E-state index contributed by atoms with van der Waals surface area (Å²) < 4.78 is 0. The highest BCUT2D eigenvalue weighted by Crippen LogP contribution is 2.50. The lowest BCUT2D eigenvalue weighted by atomic mass is 9.79. The molecule has 0 unspecified atom stereocenters. The van der Waals surface area contributed by atoms with E-state index in [9.17, 15) is 0 Å². The van der Waals surface area contributed by atoms with Crippen molar-refractivity contribution in [3.05, 3.63) is 193 Å². The van der Waals surface area contributed by atoms with Gasteiger partial charge in [-0.05, 0) is 78.7 Å². The molecule has 2 nitrogen and oxygen atoms in total. The first-order valence-electron chi connectivity index (χ1n) is 18.0. The maximum absolute atomic E-state index is 5.30. The van der Waals surface area contributed by atoms with E-state index >= 15 is 0 Å². The Morgan fingerprint density at radius 3 is 1.98 bits per heavy atom. The second-order valence-electron chi connectivity index (χ2n) is 14.3. The number of fused-ring (bicyclic) bond motifs is 5. The van der Waals surface area contributed by atoms with E-state index in [2.05, 4.69) is 179 Å². The third kappa shape index (κ3) is 5.10. The third-order valence-corrected chi connectivity index (χ3v) is 10.9. The molecule has 52 heavy (non-hydrogen) atoms. The summed E-state index contributed by atoms with van der Waals surface area (Å²) in [6.07, 6.45) is 4.44. The average Bonchev–Trinajstić information content (AvgIpc) is 3.42. The van der Waals surface area contributed by atoms with Crippen LogP contribution < -0.4 is 0 Å². The lowest BCUT2D eigenvalue weighted by molar-refractivity contribution is 0.655. The minimum atomic E-state index is -0.174. The number of benzene rings is 7. The Morgan fingerprint density at radius 2 is 1.21 bits per heavy atom. The molecule has 9 rings (SSSR count). The van der Waals surface area contributed by atoms with Gasteiger partial charge >= 0.3 is 0 Å². The van der Waals surface area contributed by atoms with Gasteiger partial charge in [-0.2, -0.15) is 0 Å². The van der Waals surface area contributed by atoms with Crippen molar-refractivity contribution in [1.82, 2.24) is 9.97 Å². The highest BCUT2D eigenvalue weighted by molar-refractivity contribution is 6.05. The molecule has 0 aliphatic heterocycles. The number of aromatic nitrogens is 2. The van der Waals surface area contributed by atoms with E-state index in [1.54, 1.807) is 0 Å². The number of rotatable bonds is 6. The van der Waals surface area contributed by atoms with E-state index in [4.69, 9.17) is 9.97 Å². The van der Waals surface area contributed by atoms with Gasteiger partial charge in [-0.25, -0.2) is 9.97 Å². The predicted molar refractivity (Wildman–Crippen MR) is 221 cm³/mol. The van der Waals surface area contributed by atoms with Gasteiger partial charge in [0, 0.05) is 22.1 Å². The van der Waals surface area contributed by atoms with Gasteiger partial charge in [0.1, 0.15) is 0 Å². The van der Waals surface area contributed by atoms with Gasteiger partial charge in [0.15, 0.2) is 5.82 Å². The number of nitrogens with zero attached hydrogens (tertiary/aromatic N) is 2. The zero-order valence-electron chi connectivity index (χ0n) is 29.7. The monoisotopic (exact) mass is 666 g/mol. The van der Waals surface area contributed by atoms with Gasteiger partial charge in [0.25, 0.3) is 0 Å². The van der Waals surface area contributed by atoms with E-state index in [1.807, 2.05) is 12.1 Å². The van der Waals surface area contributed by atoms with Crippen molar-refractivity contribution in [3.8, 4) is 33.9 Å². The zero-order valence-corrected chi connectivity index (χ0v) is 29.7. The van der Waals surface area contributed by atoms with Crippen LogP contribution in [0.25, 0.3) is 77.4 Å². The normalized spacial score (nSPS) is 13.9. The molecule has 7 aromatic carbocycles. The number of hydrogen-bond acceptors (Lipinski definition) is 2. The topological polar surface area (TPSA) is 25.8 Å². The van der Waals surface area contributed by atoms with Crippen molar-refractivity contribution >= 4 is 43.5 Å². The lowest BCUT2D eigenvalue weighted by Crippen LogP contribution is -2.16. The largest absolute Gasteiger partial charge is 0.228 e. The fourth-order valence-corrected chi connectivity index (χ4v) is 8.21. The van der Waals surface area contributed by atoms with Crippen molar-refractivity contribution in [2.75, 3.05) is 0 Å². The minimum Gasteiger partial charge on any atom is -0.228 e. The number of allylic oxidation sites excluding steroid dienone is 5. The van der Waals surface area contributed by atoms with Crippen LogP contribution in [-0.4, -0.2) is 9.97 Å². The first-order chi connectivity index (χ1) is 25.4. The van der Waals surface area contributed by atoms with Crippen LogP contribution in [0.1, 0.15) is 37.5 Å². The second-order valence-corrected chi connectivity index (χ2v) is 14.3. The zero-order chi connectivity index (χ0) is 35.4. The highest BCUT2D eigenvalue weighted by atomic mass is 14.9. The van der Waals surface area contributed by atoms with Crippen LogP contribution >= 0.6 is 0 Å². The van der Waals surface area contributed by atoms with E-state index in [1.165, 1.54) is 55.0 Å². The van der Waals surface area contributed by atoms with Crippen LogP contribution in [0.3, 0.4) is 0 Å². The van der Waals surface area contributed by atoms with Gasteiger partial charge < -0.3 is 0 Å². The van der Waals surface area contributed by atoms with Gasteiger partial charge in [-0.3, -0.25) is 0 Å². The first-order valence-corrected chi connectivity index (χ1v) is 18.0. The Hall–Kier alpha value is -6.38. The van der Waals surface area contributed by atoms with E-state index in [-0.39, 0.29) is 5.41 Å². The molecule has 0 saturated carbocycles. The molecule has 0 saturated heterocycles. The molecule has 248 valence electrons. The summed E-state index contributed by atoms with van der Waals surface area (Å²) in [5.41, 5.74) is 12.4. The van der Waals surface area contributed by atoms with Crippen molar-refractivity contribution in [2.24, 2.45) is 0 Å². The van der Waals surface area contributed by atoms with Crippen molar-refractivity contribution in [1.29, 1.82) is 0 Å². The highest BCUT2D eigenvalue weighted by Gasteiger charge is 2.36. The average molecular weight is 667 g/mol. The fraction of sp³-hybridized carbons (Fsp3) is 0.0800. The molecule has 0 spiro atoms. The van der Waals surface area contributed by atoms with Crippen molar-refractivity contribution < 1.29 is 0 Å². The summed E-state index contributed by atoms with van der Waals surface area (Å²) >= 11 is 0. The molecule has 0 atom stereocenters. The molecular formula is C50H38N2. The van der Waals surface area contributed by atoms with E-state index < -0.39 is 0 Å². The van der Waals surface area contributed by atoms with Crippen LogP contribution in [0.5, 0.6) is 0 Å². The summed E-state index contributed by atoms with van der Waals surface area (Å²) in [6.45, 7) is 11.2. The minimum absolute atomic E-state index is 0.174. The van der Waals surface area contributed by atoms with Crippen LogP contribution in [0, 0.1) is 0 Å². The maximum atomic E-state index is 5.30. The summed E-state index contributed by atoms with van der Waals surface area (Å²) in [5.74, 6) is 0.719. The Bertz CT molecular complexity index is 2780. The van der Waals surface area contributed by atoms with Crippen LogP contribution in [-0.2, 0) is 5.41 Å². The lowest BCUT2D eigenvalue weighted by Gasteiger charge is -2.24. The molecule has 1 aliphatic rings. The van der Waals surface area contributed by atoms with Gasteiger partial charge in [-0.15, -0.1) is 0 Å². The summed E-state index contributed by atoms with van der Waals surface area (Å²) in [5, 5.41) is 7.20. The molecule has 0 radical (unpaired) electrons. The fourth-order valence-electron chi connectivity index (χ4n) is 8.21. The summed E-state index contributed by atoms with van der Waals surface area (Å²) in [7, 11) is 0. The molecule has 1 aliphatic carbocycles. The Morgan fingerprint density at radius 1 is 0.577 bits per heavy atom. The van der Waals surface area contributed by atoms with Crippen molar-refractivity contribution in [2.45, 2.75) is 26.2 Å². The van der Waals surface area contributed by atoms with Gasteiger partial charge in [0.05, 0.1) is 11.4 Å². The maximum Gasteiger partial charge on any atom is 0.161 e. The Labute approximate surface area is 305 Å². The Kier molecular flexibility index (Phi) is 7.56. The molecule has 0 amide bonds. The second kappa shape index (κ2) is 12.4. The molecule has 0 bridgehead atoms. The summed E-state index contributed by atoms with van der Waals surface area (Å²) in [4.78, 5) is 10.5. The quantitative estimate of drug-likeness (QED) is 0.176. The van der Waals surface area contributed by atoms with Gasteiger partial charge in [0.2, 0.25) is 0 Å². The smallest absolute Gasteiger partial charge is 0.161 e. The molecule has 8 aromatic rings. The summed E-state index contributed by atoms with van der Waals surface area (Å²) in [6, 6.07) is 53.8. The van der Waals surface area contributed by atoms with Crippen LogP contribution in [0.4, 0.5) is 0 Å².